The van der Waals surface area contributed by atoms with Crippen molar-refractivity contribution in [1.29, 1.82) is 0 Å². The van der Waals surface area contributed by atoms with Crippen LogP contribution < -0.4 is 21.2 Å². The number of aliphatic hydroxyl groups is 2. The molecule has 2 aliphatic rings. The van der Waals surface area contributed by atoms with Crippen LogP contribution >= 0.6 is 0 Å². The number of alkyl halides is 1. The van der Waals surface area contributed by atoms with Crippen LogP contribution in [0, 0.1) is 5.92 Å². The number of fused-ring (bicyclic) bond motifs is 2. The Morgan fingerprint density at radius 1 is 1.08 bits per heavy atom. The van der Waals surface area contributed by atoms with Crippen molar-refractivity contribution in [2.45, 2.75) is 62.9 Å². The number of aliphatic hydroxyl groups excluding tert-OH is 2. The molecule has 23 heteroatoms. The minimum Gasteiger partial charge on any atom is -0.394 e. The molecule has 2 fully saturated rings. The quantitative estimate of drug-likeness (QED) is 0.0950. The third-order valence-corrected chi connectivity index (χ3v) is 8.87. The van der Waals surface area contributed by atoms with E-state index in [1.165, 1.54) is 11.7 Å². The number of ether oxygens (including phenoxy) is 3. The maximum atomic E-state index is 15.2. The number of hydrogen-bond donors (Lipinski definition) is 6. The van der Waals surface area contributed by atoms with Gasteiger partial charge in [-0.25, -0.2) is 19.3 Å². The lowest BCUT2D eigenvalue weighted by Crippen LogP contribution is -2.48. The van der Waals surface area contributed by atoms with Crippen LogP contribution in [0.2, 0.25) is 0 Å². The van der Waals surface area contributed by atoms with Gasteiger partial charge in [0.05, 0.1) is 38.2 Å². The summed E-state index contributed by atoms with van der Waals surface area (Å²) in [5.41, 5.74) is -1.66. The SMILES string of the molecule is CO[C@H]1[C@@H](NS(=O)(=O)OC[C@H]2O[C@@H](n3cnc4c(=O)[nH]cnc43)[C@H](F)[C@@H]2O)[C@H](n2cnc3c(=O)[nH]c(NC(=O)C(C)C)nc32)O[C@@H]1CO. The number of nitrogens with one attached hydrogen (secondary N) is 4. The highest BCUT2D eigenvalue weighted by molar-refractivity contribution is 7.84. The molecule has 0 aromatic carbocycles. The summed E-state index contributed by atoms with van der Waals surface area (Å²) in [5.74, 6) is -1.07. The fraction of sp³-hybridized carbons (Fsp3) is 0.560. The van der Waals surface area contributed by atoms with Crippen LogP contribution in [0.25, 0.3) is 22.3 Å². The number of halogens is 1. The highest BCUT2D eigenvalue weighted by Crippen LogP contribution is 2.35. The average molecular weight is 699 g/mol. The van der Waals surface area contributed by atoms with Crippen molar-refractivity contribution >= 4 is 44.5 Å². The molecule has 1 amide bonds. The maximum absolute atomic E-state index is 15.2. The Morgan fingerprint density at radius 3 is 2.42 bits per heavy atom. The van der Waals surface area contributed by atoms with E-state index in [4.69, 9.17) is 18.4 Å². The van der Waals surface area contributed by atoms with Crippen molar-refractivity contribution in [1.82, 2.24) is 43.8 Å². The smallest absolute Gasteiger partial charge is 0.336 e. The Balaban J connectivity index is 1.22. The van der Waals surface area contributed by atoms with Gasteiger partial charge in [0.15, 0.2) is 41.0 Å². The number of H-pyrrole nitrogens is 2. The van der Waals surface area contributed by atoms with Gasteiger partial charge in [-0.2, -0.15) is 18.1 Å². The number of imidazole rings is 2. The molecule has 0 aliphatic carbocycles. The van der Waals surface area contributed by atoms with Crippen molar-refractivity contribution in [2.75, 3.05) is 25.6 Å². The molecule has 6 rings (SSSR count). The molecule has 2 saturated heterocycles. The summed E-state index contributed by atoms with van der Waals surface area (Å²) in [6.45, 7) is 1.82. The number of aromatic nitrogens is 8. The van der Waals surface area contributed by atoms with Crippen LogP contribution in [-0.4, -0.2) is 121 Å². The highest BCUT2D eigenvalue weighted by atomic mass is 32.2. The molecule has 0 spiro atoms. The van der Waals surface area contributed by atoms with Gasteiger partial charge in [-0.05, 0) is 0 Å². The molecule has 0 saturated carbocycles. The molecule has 2 aliphatic heterocycles. The topological polar surface area (TPSA) is 280 Å². The van der Waals surface area contributed by atoms with E-state index in [9.17, 15) is 33.0 Å². The molecule has 0 radical (unpaired) electrons. The van der Waals surface area contributed by atoms with Crippen LogP contribution in [0.15, 0.2) is 28.6 Å². The van der Waals surface area contributed by atoms with Gasteiger partial charge in [-0.1, -0.05) is 13.8 Å². The van der Waals surface area contributed by atoms with E-state index in [0.717, 1.165) is 23.5 Å². The van der Waals surface area contributed by atoms with Crippen molar-refractivity contribution in [3.05, 3.63) is 39.7 Å². The predicted molar refractivity (Wildman–Crippen MR) is 158 cm³/mol. The summed E-state index contributed by atoms with van der Waals surface area (Å²) >= 11 is 0. The Labute approximate surface area is 268 Å². The predicted octanol–water partition coefficient (Wildman–Crippen LogP) is -2.43. The Bertz CT molecular complexity index is 2050. The first-order chi connectivity index (χ1) is 22.8. The van der Waals surface area contributed by atoms with Gasteiger partial charge in [0.2, 0.25) is 11.9 Å². The lowest BCUT2D eigenvalue weighted by Gasteiger charge is -2.24. The minimum absolute atomic E-state index is 0.0243. The molecule has 21 nitrogen and oxygen atoms in total. The van der Waals surface area contributed by atoms with E-state index >= 15 is 4.39 Å². The summed E-state index contributed by atoms with van der Waals surface area (Å²) in [6, 6.07) is -1.33. The third-order valence-electron chi connectivity index (χ3n) is 7.87. The van der Waals surface area contributed by atoms with Crippen LogP contribution in [0.3, 0.4) is 0 Å². The summed E-state index contributed by atoms with van der Waals surface area (Å²) in [5, 5.41) is 23.0. The maximum Gasteiger partial charge on any atom is 0.336 e. The largest absolute Gasteiger partial charge is 0.394 e. The van der Waals surface area contributed by atoms with Crippen molar-refractivity contribution in [2.24, 2.45) is 5.92 Å². The number of anilines is 1. The number of hydrogen-bond acceptors (Lipinski definition) is 15. The molecule has 0 bridgehead atoms. The van der Waals surface area contributed by atoms with Crippen LogP contribution in [0.4, 0.5) is 10.3 Å². The number of rotatable bonds is 11. The number of methoxy groups -OCH3 is 1. The number of amides is 1. The van der Waals surface area contributed by atoms with E-state index in [-0.39, 0.29) is 28.3 Å². The monoisotopic (exact) mass is 698 g/mol. The molecule has 8 atom stereocenters. The first-order valence-corrected chi connectivity index (χ1v) is 15.9. The standard InChI is InChI=1S/C25H31FN10O11S/c1-9(2)20(39)32-25-31-19-15(22(41)33-25)30-8-36(19)24-13(17(44-3)10(4-37)46-24)34-48(42,43)45-5-11-16(38)12(26)23(47-11)35-7-29-14-18(35)27-6-28-21(14)40/h6-13,16-17,23-24,34,37-38H,4-5H2,1-3H3,(H,27,28,40)(H2,31,32,33,39,41)/t10-,11-,12-,13-,16-,17-,23-,24-/m1/s1. The van der Waals surface area contributed by atoms with E-state index in [1.54, 1.807) is 13.8 Å². The van der Waals surface area contributed by atoms with Gasteiger partial charge in [-0.15, -0.1) is 0 Å². The number of carbonyl (C=O) groups is 1. The van der Waals surface area contributed by atoms with Crippen molar-refractivity contribution < 1.29 is 46.2 Å². The lowest BCUT2D eigenvalue weighted by molar-refractivity contribution is -0.118. The fourth-order valence-corrected chi connectivity index (χ4v) is 6.41. The molecule has 6 N–H and O–H groups in total. The van der Waals surface area contributed by atoms with Crippen LogP contribution in [-0.2, 0) is 33.5 Å². The molecule has 4 aromatic heterocycles. The molecule has 0 unspecified atom stereocenters. The second kappa shape index (κ2) is 13.0. The molecule has 260 valence electrons. The molecular formula is C25H31FN10O11S. The summed E-state index contributed by atoms with van der Waals surface area (Å²) in [6.07, 6.45) is -7.10. The number of carbonyl (C=O) groups excluding carboxylic acids is 1. The molecular weight excluding hydrogens is 667 g/mol. The first-order valence-electron chi connectivity index (χ1n) is 14.4. The minimum atomic E-state index is -4.76. The van der Waals surface area contributed by atoms with Crippen molar-refractivity contribution in [3.63, 3.8) is 0 Å². The second-order valence-corrected chi connectivity index (χ2v) is 12.6. The van der Waals surface area contributed by atoms with Gasteiger partial charge in [0.25, 0.3) is 11.1 Å². The van der Waals surface area contributed by atoms with Gasteiger partial charge >= 0.3 is 10.3 Å². The van der Waals surface area contributed by atoms with E-state index < -0.39 is 95.5 Å². The number of nitrogens with zero attached hydrogens (tertiary/aromatic N) is 6. The zero-order valence-electron chi connectivity index (χ0n) is 25.4. The summed E-state index contributed by atoms with van der Waals surface area (Å²) in [7, 11) is -3.51. The van der Waals surface area contributed by atoms with Crippen molar-refractivity contribution in [3.8, 4) is 0 Å². The number of aromatic amines is 2. The zero-order valence-corrected chi connectivity index (χ0v) is 26.2. The van der Waals surface area contributed by atoms with Gasteiger partial charge in [0, 0.05) is 13.0 Å². The average Bonchev–Trinajstić information content (AvgIpc) is 3.80. The fourth-order valence-electron chi connectivity index (χ4n) is 5.45. The Kier molecular flexibility index (Phi) is 9.12. The van der Waals surface area contributed by atoms with Crippen LogP contribution in [0.1, 0.15) is 26.3 Å². The first kappa shape index (κ1) is 33.7. The van der Waals surface area contributed by atoms with Gasteiger partial charge in [0.1, 0.15) is 24.4 Å². The molecule has 4 aromatic rings. The second-order valence-electron chi connectivity index (χ2n) is 11.3. The third kappa shape index (κ3) is 6.09. The van der Waals surface area contributed by atoms with E-state index in [0.29, 0.717) is 0 Å². The zero-order chi connectivity index (χ0) is 34.5. The van der Waals surface area contributed by atoms with E-state index in [2.05, 4.69) is 39.9 Å². The molecule has 48 heavy (non-hydrogen) atoms. The van der Waals surface area contributed by atoms with Gasteiger partial charge < -0.3 is 29.4 Å². The summed E-state index contributed by atoms with van der Waals surface area (Å²) in [4.78, 5) is 57.9. The van der Waals surface area contributed by atoms with E-state index in [1.807, 2.05) is 0 Å². The van der Waals surface area contributed by atoms with Gasteiger partial charge in [-0.3, -0.25) is 38.0 Å². The molecule has 6 heterocycles. The highest BCUT2D eigenvalue weighted by Gasteiger charge is 2.50. The Hall–Kier alpha value is -4.23. The normalized spacial score (nSPS) is 27.8. The Morgan fingerprint density at radius 2 is 1.75 bits per heavy atom. The lowest BCUT2D eigenvalue weighted by atomic mass is 10.1. The summed E-state index contributed by atoms with van der Waals surface area (Å²) < 4.78 is 68.3. The van der Waals surface area contributed by atoms with Crippen LogP contribution in [0.5, 0.6) is 0 Å².